The Hall–Kier alpha value is -4.00. The van der Waals surface area contributed by atoms with E-state index in [1.807, 2.05) is 19.9 Å². The minimum absolute atomic E-state index is 0.246. The number of halogens is 1. The fraction of sp³-hybridized carbons (Fsp3) is 0.125. The fourth-order valence-corrected chi connectivity index (χ4v) is 2.74. The molecule has 0 heterocycles. The first-order chi connectivity index (χ1) is 14.9. The molecule has 0 aliphatic rings. The maximum absolute atomic E-state index is 13.0. The molecule has 0 fully saturated rings. The summed E-state index contributed by atoms with van der Waals surface area (Å²) in [5, 5.41) is 6.43. The highest BCUT2D eigenvalue weighted by molar-refractivity contribution is 6.39. The number of anilines is 1. The summed E-state index contributed by atoms with van der Waals surface area (Å²) in [6.07, 6.45) is 1.39. The van der Waals surface area contributed by atoms with Crippen LogP contribution >= 0.6 is 0 Å². The molecule has 0 radical (unpaired) electrons. The van der Waals surface area contributed by atoms with Crippen molar-refractivity contribution < 1.29 is 18.7 Å². The van der Waals surface area contributed by atoms with Gasteiger partial charge in [0.1, 0.15) is 18.2 Å². The zero-order valence-corrected chi connectivity index (χ0v) is 17.2. The fourth-order valence-electron chi connectivity index (χ4n) is 2.74. The first kappa shape index (κ1) is 21.7. The Morgan fingerprint density at radius 1 is 0.968 bits per heavy atom. The normalized spacial score (nSPS) is 10.7. The molecule has 0 spiro atoms. The van der Waals surface area contributed by atoms with E-state index in [0.717, 1.165) is 16.7 Å². The SMILES string of the molecule is Cc1cccc(NC(=O)C(=O)N/N=C\c2ccccc2OCc2ccc(F)cc2)c1C. The van der Waals surface area contributed by atoms with E-state index >= 15 is 0 Å². The molecule has 0 atom stereocenters. The van der Waals surface area contributed by atoms with Crippen LogP contribution in [0, 0.1) is 19.7 Å². The highest BCUT2D eigenvalue weighted by Gasteiger charge is 2.14. The molecule has 0 saturated heterocycles. The van der Waals surface area contributed by atoms with Crippen molar-refractivity contribution in [2.45, 2.75) is 20.5 Å². The molecule has 0 saturated carbocycles. The van der Waals surface area contributed by atoms with Crippen molar-refractivity contribution in [2.75, 3.05) is 5.32 Å². The van der Waals surface area contributed by atoms with Gasteiger partial charge in [-0.15, -0.1) is 0 Å². The Kier molecular flexibility index (Phi) is 7.11. The van der Waals surface area contributed by atoms with Gasteiger partial charge in [0, 0.05) is 11.3 Å². The molecule has 0 unspecified atom stereocenters. The summed E-state index contributed by atoms with van der Waals surface area (Å²) in [7, 11) is 0. The van der Waals surface area contributed by atoms with Crippen molar-refractivity contribution in [3.05, 3.63) is 94.8 Å². The molecule has 0 aromatic heterocycles. The van der Waals surface area contributed by atoms with Crippen LogP contribution in [0.3, 0.4) is 0 Å². The molecule has 158 valence electrons. The maximum Gasteiger partial charge on any atom is 0.329 e. The van der Waals surface area contributed by atoms with Gasteiger partial charge >= 0.3 is 11.8 Å². The van der Waals surface area contributed by atoms with Gasteiger partial charge < -0.3 is 10.1 Å². The highest BCUT2D eigenvalue weighted by atomic mass is 19.1. The summed E-state index contributed by atoms with van der Waals surface area (Å²) in [6, 6.07) is 18.6. The van der Waals surface area contributed by atoms with Gasteiger partial charge in [0.05, 0.1) is 6.21 Å². The number of carbonyl (C=O) groups is 2. The minimum atomic E-state index is -0.887. The number of carbonyl (C=O) groups excluding carboxylic acids is 2. The van der Waals surface area contributed by atoms with E-state index in [4.69, 9.17) is 4.74 Å². The summed E-state index contributed by atoms with van der Waals surface area (Å²) in [5.74, 6) is -1.48. The lowest BCUT2D eigenvalue weighted by Gasteiger charge is -2.10. The molecule has 3 aromatic carbocycles. The number of para-hydroxylation sites is 1. The van der Waals surface area contributed by atoms with Gasteiger partial charge in [0.25, 0.3) is 0 Å². The van der Waals surface area contributed by atoms with Crippen LogP contribution in [0.25, 0.3) is 0 Å². The number of benzene rings is 3. The van der Waals surface area contributed by atoms with E-state index in [-0.39, 0.29) is 12.4 Å². The molecule has 31 heavy (non-hydrogen) atoms. The Balaban J connectivity index is 1.58. The number of aryl methyl sites for hydroxylation is 1. The van der Waals surface area contributed by atoms with E-state index in [2.05, 4.69) is 15.8 Å². The van der Waals surface area contributed by atoms with Crippen LogP contribution in [0.2, 0.25) is 0 Å². The minimum Gasteiger partial charge on any atom is -0.488 e. The average molecular weight is 419 g/mol. The number of rotatable bonds is 6. The maximum atomic E-state index is 13.0. The van der Waals surface area contributed by atoms with Crippen molar-refractivity contribution in [3.63, 3.8) is 0 Å². The third kappa shape index (κ3) is 5.99. The average Bonchev–Trinajstić information content (AvgIpc) is 2.77. The Bertz CT molecular complexity index is 1110. The highest BCUT2D eigenvalue weighted by Crippen LogP contribution is 2.19. The second-order valence-corrected chi connectivity index (χ2v) is 6.85. The second-order valence-electron chi connectivity index (χ2n) is 6.85. The predicted octanol–water partition coefficient (Wildman–Crippen LogP) is 4.11. The first-order valence-corrected chi connectivity index (χ1v) is 9.61. The van der Waals surface area contributed by atoms with E-state index in [9.17, 15) is 14.0 Å². The van der Waals surface area contributed by atoms with Gasteiger partial charge in [0.2, 0.25) is 0 Å². The molecule has 0 aliphatic heterocycles. The number of hydrogen-bond donors (Lipinski definition) is 2. The number of hydrazone groups is 1. The summed E-state index contributed by atoms with van der Waals surface area (Å²) in [5.41, 5.74) is 6.10. The van der Waals surface area contributed by atoms with Crippen molar-refractivity contribution in [3.8, 4) is 5.75 Å². The largest absolute Gasteiger partial charge is 0.488 e. The lowest BCUT2D eigenvalue weighted by atomic mass is 10.1. The van der Waals surface area contributed by atoms with E-state index in [1.54, 1.807) is 48.5 Å². The van der Waals surface area contributed by atoms with E-state index in [0.29, 0.717) is 17.0 Å². The summed E-state index contributed by atoms with van der Waals surface area (Å²) in [6.45, 7) is 4.03. The van der Waals surface area contributed by atoms with Crippen LogP contribution in [0.4, 0.5) is 10.1 Å². The van der Waals surface area contributed by atoms with Gasteiger partial charge in [-0.2, -0.15) is 5.10 Å². The zero-order chi connectivity index (χ0) is 22.2. The van der Waals surface area contributed by atoms with Gasteiger partial charge in [-0.1, -0.05) is 36.4 Å². The third-order valence-corrected chi connectivity index (χ3v) is 4.66. The molecular weight excluding hydrogens is 397 g/mol. The standard InChI is InChI=1S/C24H22FN3O3/c1-16-6-5-8-21(17(16)2)27-23(29)24(30)28-26-14-19-7-3-4-9-22(19)31-15-18-10-12-20(25)13-11-18/h3-14H,15H2,1-2H3,(H,27,29)(H,28,30)/b26-14-. The molecule has 0 aliphatic carbocycles. The van der Waals surface area contributed by atoms with E-state index in [1.165, 1.54) is 18.3 Å². The topological polar surface area (TPSA) is 79.8 Å². The lowest BCUT2D eigenvalue weighted by Crippen LogP contribution is -2.32. The van der Waals surface area contributed by atoms with Crippen molar-refractivity contribution >= 4 is 23.7 Å². The monoisotopic (exact) mass is 419 g/mol. The van der Waals surface area contributed by atoms with Crippen LogP contribution in [0.15, 0.2) is 71.8 Å². The number of hydrogen-bond acceptors (Lipinski definition) is 4. The second kappa shape index (κ2) is 10.2. The van der Waals surface area contributed by atoms with Crippen LogP contribution in [0.1, 0.15) is 22.3 Å². The smallest absolute Gasteiger partial charge is 0.329 e. The molecule has 7 heteroatoms. The van der Waals surface area contributed by atoms with Crippen LogP contribution in [-0.2, 0) is 16.2 Å². The Morgan fingerprint density at radius 3 is 2.48 bits per heavy atom. The molecule has 6 nitrogen and oxygen atoms in total. The molecular formula is C24H22FN3O3. The van der Waals surface area contributed by atoms with Crippen LogP contribution < -0.4 is 15.5 Å². The molecule has 2 amide bonds. The number of nitrogens with one attached hydrogen (secondary N) is 2. The quantitative estimate of drug-likeness (QED) is 0.359. The van der Waals surface area contributed by atoms with Gasteiger partial charge in [-0.25, -0.2) is 9.82 Å². The Morgan fingerprint density at radius 2 is 1.71 bits per heavy atom. The van der Waals surface area contributed by atoms with Crippen molar-refractivity contribution in [2.24, 2.45) is 5.10 Å². The predicted molar refractivity (Wildman–Crippen MR) is 117 cm³/mol. The summed E-state index contributed by atoms with van der Waals surface area (Å²) >= 11 is 0. The molecule has 3 aromatic rings. The van der Waals surface area contributed by atoms with Gasteiger partial charge in [-0.3, -0.25) is 9.59 Å². The summed E-state index contributed by atoms with van der Waals surface area (Å²) < 4.78 is 18.8. The number of nitrogens with zero attached hydrogens (tertiary/aromatic N) is 1. The first-order valence-electron chi connectivity index (χ1n) is 9.61. The van der Waals surface area contributed by atoms with E-state index < -0.39 is 11.8 Å². The zero-order valence-electron chi connectivity index (χ0n) is 17.2. The van der Waals surface area contributed by atoms with Crippen LogP contribution in [0.5, 0.6) is 5.75 Å². The van der Waals surface area contributed by atoms with Gasteiger partial charge in [0.15, 0.2) is 0 Å². The molecule has 3 rings (SSSR count). The third-order valence-electron chi connectivity index (χ3n) is 4.66. The van der Waals surface area contributed by atoms with Crippen molar-refractivity contribution in [1.29, 1.82) is 0 Å². The van der Waals surface area contributed by atoms with Crippen molar-refractivity contribution in [1.82, 2.24) is 5.43 Å². The summed E-state index contributed by atoms with van der Waals surface area (Å²) in [4.78, 5) is 24.2. The van der Waals surface area contributed by atoms with Gasteiger partial charge in [-0.05, 0) is 60.9 Å². The number of amides is 2. The lowest BCUT2D eigenvalue weighted by molar-refractivity contribution is -0.136. The van der Waals surface area contributed by atoms with Crippen LogP contribution in [-0.4, -0.2) is 18.0 Å². The Labute approximate surface area is 179 Å². The number of ether oxygens (including phenoxy) is 1. The molecule has 2 N–H and O–H groups in total. The molecule has 0 bridgehead atoms.